The fraction of sp³-hybridized carbons (Fsp3) is 0.429. The topological polar surface area (TPSA) is 52.0 Å². The van der Waals surface area contributed by atoms with E-state index in [4.69, 9.17) is 16.3 Å². The van der Waals surface area contributed by atoms with Crippen LogP contribution in [0.2, 0.25) is 5.02 Å². The van der Waals surface area contributed by atoms with E-state index in [9.17, 15) is 0 Å². The van der Waals surface area contributed by atoms with Gasteiger partial charge in [-0.05, 0) is 44.2 Å². The highest BCUT2D eigenvalue weighted by atomic mass is 35.5. The van der Waals surface area contributed by atoms with Crippen LogP contribution in [0, 0.1) is 13.8 Å². The molecule has 2 rings (SSSR count). The Morgan fingerprint density at radius 3 is 2.65 bits per heavy atom. The number of rotatable bonds is 6. The molecular weight excluding hydrogens is 276 g/mol. The second-order valence-electron chi connectivity index (χ2n) is 4.72. The number of benzene rings is 1. The Balaban J connectivity index is 1.92. The molecule has 1 aromatic carbocycles. The molecule has 1 aromatic heterocycles. The summed E-state index contributed by atoms with van der Waals surface area (Å²) in [6.07, 6.45) is 1.92. The predicted molar refractivity (Wildman–Crippen MR) is 79.2 cm³/mol. The molecule has 0 amide bonds. The maximum Gasteiger partial charge on any atom is 0.125 e. The number of nitrogens with zero attached hydrogens (tertiary/aromatic N) is 3. The standard InChI is InChI=1S/C14H19ClN4O/c1-10-6-12(15)7-11(2)14(10)20-5-4-19-9-13(8-16-3)17-18-19/h6-7,9,16H,4-5,8H2,1-3H3. The minimum absolute atomic E-state index is 0.547. The average molecular weight is 295 g/mol. The van der Waals surface area contributed by atoms with Crippen LogP contribution in [-0.2, 0) is 13.1 Å². The minimum Gasteiger partial charge on any atom is -0.491 e. The molecule has 108 valence electrons. The first-order valence-electron chi connectivity index (χ1n) is 6.53. The maximum atomic E-state index is 6.00. The molecule has 0 aliphatic rings. The number of hydrogen-bond donors (Lipinski definition) is 1. The van der Waals surface area contributed by atoms with Gasteiger partial charge in [0.05, 0.1) is 12.2 Å². The van der Waals surface area contributed by atoms with Crippen molar-refractivity contribution >= 4 is 11.6 Å². The predicted octanol–water partition coefficient (Wildman–Crippen LogP) is 2.35. The van der Waals surface area contributed by atoms with Gasteiger partial charge >= 0.3 is 0 Å². The zero-order valence-corrected chi connectivity index (χ0v) is 12.7. The van der Waals surface area contributed by atoms with E-state index in [1.807, 2.05) is 39.2 Å². The summed E-state index contributed by atoms with van der Waals surface area (Å²) < 4.78 is 7.62. The molecule has 1 N–H and O–H groups in total. The molecule has 0 aliphatic carbocycles. The number of ether oxygens (including phenoxy) is 1. The van der Waals surface area contributed by atoms with Gasteiger partial charge in [0.1, 0.15) is 12.4 Å². The molecule has 1 heterocycles. The van der Waals surface area contributed by atoms with Gasteiger partial charge in [-0.3, -0.25) is 0 Å². The van der Waals surface area contributed by atoms with Gasteiger partial charge in [0, 0.05) is 17.8 Å². The first-order chi connectivity index (χ1) is 9.60. The van der Waals surface area contributed by atoms with Gasteiger partial charge in [0.2, 0.25) is 0 Å². The van der Waals surface area contributed by atoms with Gasteiger partial charge in [-0.2, -0.15) is 0 Å². The third kappa shape index (κ3) is 3.71. The molecule has 0 fully saturated rings. The van der Waals surface area contributed by atoms with Crippen molar-refractivity contribution in [3.8, 4) is 5.75 Å². The van der Waals surface area contributed by atoms with Crippen LogP contribution < -0.4 is 10.1 Å². The fourth-order valence-electron chi connectivity index (χ4n) is 2.08. The van der Waals surface area contributed by atoms with Crippen LogP contribution in [0.4, 0.5) is 0 Å². The summed E-state index contributed by atoms with van der Waals surface area (Å²) in [4.78, 5) is 0. The lowest BCUT2D eigenvalue weighted by atomic mass is 10.1. The largest absolute Gasteiger partial charge is 0.491 e. The van der Waals surface area contributed by atoms with Crippen LogP contribution in [0.5, 0.6) is 5.75 Å². The summed E-state index contributed by atoms with van der Waals surface area (Å²) in [6, 6.07) is 3.81. The minimum atomic E-state index is 0.547. The van der Waals surface area contributed by atoms with Crippen molar-refractivity contribution in [2.45, 2.75) is 26.9 Å². The molecule has 6 heteroatoms. The molecule has 0 spiro atoms. The molecular formula is C14H19ClN4O. The third-order valence-corrected chi connectivity index (χ3v) is 3.15. The van der Waals surface area contributed by atoms with Gasteiger partial charge in [0.25, 0.3) is 0 Å². The lowest BCUT2D eigenvalue weighted by molar-refractivity contribution is 0.286. The molecule has 2 aromatic rings. The van der Waals surface area contributed by atoms with Crippen molar-refractivity contribution in [1.29, 1.82) is 0 Å². The van der Waals surface area contributed by atoms with E-state index in [2.05, 4.69) is 15.6 Å². The first kappa shape index (κ1) is 14.8. The SMILES string of the molecule is CNCc1cn(CCOc2c(C)cc(Cl)cc2C)nn1. The van der Waals surface area contributed by atoms with Crippen LogP contribution in [0.25, 0.3) is 0 Å². The summed E-state index contributed by atoms with van der Waals surface area (Å²) in [5.74, 6) is 0.893. The van der Waals surface area contributed by atoms with E-state index in [0.717, 1.165) is 34.1 Å². The van der Waals surface area contributed by atoms with Crippen LogP contribution in [0.1, 0.15) is 16.8 Å². The van der Waals surface area contributed by atoms with E-state index in [1.54, 1.807) is 4.68 Å². The Kier molecular flexibility index (Phi) is 4.98. The zero-order chi connectivity index (χ0) is 14.5. The Morgan fingerprint density at radius 1 is 1.30 bits per heavy atom. The quantitative estimate of drug-likeness (QED) is 0.888. The Labute approximate surface area is 123 Å². The molecule has 0 atom stereocenters. The van der Waals surface area contributed by atoms with Gasteiger partial charge in [-0.25, -0.2) is 4.68 Å². The number of hydrogen-bond acceptors (Lipinski definition) is 4. The highest BCUT2D eigenvalue weighted by Gasteiger charge is 2.06. The van der Waals surface area contributed by atoms with Crippen molar-refractivity contribution in [2.24, 2.45) is 0 Å². The molecule has 0 aliphatic heterocycles. The second-order valence-corrected chi connectivity index (χ2v) is 5.16. The third-order valence-electron chi connectivity index (χ3n) is 2.94. The smallest absolute Gasteiger partial charge is 0.125 e. The van der Waals surface area contributed by atoms with Crippen molar-refractivity contribution in [2.75, 3.05) is 13.7 Å². The number of aryl methyl sites for hydroxylation is 2. The molecule has 0 saturated carbocycles. The van der Waals surface area contributed by atoms with Crippen molar-refractivity contribution < 1.29 is 4.74 Å². The van der Waals surface area contributed by atoms with Crippen LogP contribution in [0.15, 0.2) is 18.3 Å². The summed E-state index contributed by atoms with van der Waals surface area (Å²) in [7, 11) is 1.88. The average Bonchev–Trinajstić information content (AvgIpc) is 2.81. The van der Waals surface area contributed by atoms with E-state index >= 15 is 0 Å². The van der Waals surface area contributed by atoms with E-state index in [-0.39, 0.29) is 0 Å². The molecule has 0 bridgehead atoms. The first-order valence-corrected chi connectivity index (χ1v) is 6.91. The molecule has 20 heavy (non-hydrogen) atoms. The van der Waals surface area contributed by atoms with Gasteiger partial charge in [0.15, 0.2) is 0 Å². The van der Waals surface area contributed by atoms with E-state index in [1.165, 1.54) is 0 Å². The van der Waals surface area contributed by atoms with Crippen molar-refractivity contribution in [3.63, 3.8) is 0 Å². The van der Waals surface area contributed by atoms with Gasteiger partial charge < -0.3 is 10.1 Å². The van der Waals surface area contributed by atoms with Crippen molar-refractivity contribution in [3.05, 3.63) is 40.2 Å². The van der Waals surface area contributed by atoms with Crippen LogP contribution in [-0.4, -0.2) is 28.6 Å². The number of halogens is 1. The Morgan fingerprint density at radius 2 is 2.00 bits per heavy atom. The maximum absolute atomic E-state index is 6.00. The lowest BCUT2D eigenvalue weighted by Crippen LogP contribution is -2.10. The van der Waals surface area contributed by atoms with E-state index in [0.29, 0.717) is 13.2 Å². The number of aromatic nitrogens is 3. The van der Waals surface area contributed by atoms with Gasteiger partial charge in [-0.15, -0.1) is 5.10 Å². The highest BCUT2D eigenvalue weighted by Crippen LogP contribution is 2.26. The molecule has 0 saturated heterocycles. The highest BCUT2D eigenvalue weighted by molar-refractivity contribution is 6.30. The molecule has 5 nitrogen and oxygen atoms in total. The summed E-state index contributed by atoms with van der Waals surface area (Å²) in [5.41, 5.74) is 3.01. The molecule has 0 unspecified atom stereocenters. The second kappa shape index (κ2) is 6.72. The summed E-state index contributed by atoms with van der Waals surface area (Å²) in [6.45, 7) is 5.92. The summed E-state index contributed by atoms with van der Waals surface area (Å²) in [5, 5.41) is 11.9. The normalized spacial score (nSPS) is 10.8. The lowest BCUT2D eigenvalue weighted by Gasteiger charge is -2.12. The zero-order valence-electron chi connectivity index (χ0n) is 12.0. The van der Waals surface area contributed by atoms with Gasteiger partial charge in [-0.1, -0.05) is 16.8 Å². The Bertz CT molecular complexity index is 559. The van der Waals surface area contributed by atoms with Crippen LogP contribution in [0.3, 0.4) is 0 Å². The number of nitrogens with one attached hydrogen (secondary N) is 1. The Hall–Kier alpha value is -1.59. The van der Waals surface area contributed by atoms with Crippen LogP contribution >= 0.6 is 11.6 Å². The summed E-state index contributed by atoms with van der Waals surface area (Å²) >= 11 is 6.00. The molecule has 0 radical (unpaired) electrons. The van der Waals surface area contributed by atoms with Crippen molar-refractivity contribution in [1.82, 2.24) is 20.3 Å². The fourth-order valence-corrected chi connectivity index (χ4v) is 2.40. The monoisotopic (exact) mass is 294 g/mol. The van der Waals surface area contributed by atoms with E-state index < -0.39 is 0 Å².